The van der Waals surface area contributed by atoms with Gasteiger partial charge in [-0.3, -0.25) is 9.59 Å². The number of halogens is 1. The van der Waals surface area contributed by atoms with Gasteiger partial charge in [-0.05, 0) is 25.1 Å². The fourth-order valence-corrected chi connectivity index (χ4v) is 4.05. The molecule has 0 fully saturated rings. The van der Waals surface area contributed by atoms with Crippen LogP contribution >= 0.6 is 27.3 Å². The Morgan fingerprint density at radius 3 is 2.75 bits per heavy atom. The zero-order chi connectivity index (χ0) is 19.7. The fourth-order valence-electron chi connectivity index (χ4n) is 2.84. The zero-order valence-electron chi connectivity index (χ0n) is 14.8. The van der Waals surface area contributed by atoms with Crippen LogP contribution in [0.5, 0.6) is 11.5 Å². The van der Waals surface area contributed by atoms with Crippen LogP contribution in [0, 0.1) is 0 Å². The van der Waals surface area contributed by atoms with Crippen LogP contribution in [0.2, 0.25) is 0 Å². The Kier molecular flexibility index (Phi) is 5.15. The summed E-state index contributed by atoms with van der Waals surface area (Å²) >= 11 is 4.93. The Morgan fingerprint density at radius 2 is 2.00 bits per heavy atom. The summed E-state index contributed by atoms with van der Waals surface area (Å²) in [6.45, 7) is 1.54. The number of thiazole rings is 1. The summed E-state index contributed by atoms with van der Waals surface area (Å²) < 4.78 is 11.6. The maximum absolute atomic E-state index is 12.5. The van der Waals surface area contributed by atoms with Crippen molar-refractivity contribution in [3.05, 3.63) is 57.5 Å². The molecule has 0 radical (unpaired) electrons. The lowest BCUT2D eigenvalue weighted by molar-refractivity contribution is -0.115. The number of carbonyl (C=O) groups excluding carboxylic acids is 2. The third-order valence-corrected chi connectivity index (χ3v) is 5.56. The van der Waals surface area contributed by atoms with E-state index < -0.39 is 0 Å². The van der Waals surface area contributed by atoms with Crippen molar-refractivity contribution in [2.75, 3.05) is 12.1 Å². The van der Waals surface area contributed by atoms with E-state index in [9.17, 15) is 9.59 Å². The maximum Gasteiger partial charge on any atom is 0.231 e. The van der Waals surface area contributed by atoms with Crippen LogP contribution in [0.3, 0.4) is 0 Å². The SMILES string of the molecule is CC(=O)c1cc2c(cc1NC(=O)Cc1csc(-c3cccc(Br)c3)n1)OCO2. The van der Waals surface area contributed by atoms with Crippen LogP contribution in [0.4, 0.5) is 5.69 Å². The topological polar surface area (TPSA) is 77.5 Å². The molecule has 2 aromatic carbocycles. The normalized spacial score (nSPS) is 12.1. The lowest BCUT2D eigenvalue weighted by Crippen LogP contribution is -2.16. The summed E-state index contributed by atoms with van der Waals surface area (Å²) in [4.78, 5) is 29.0. The molecule has 8 heteroatoms. The van der Waals surface area contributed by atoms with Crippen LogP contribution < -0.4 is 14.8 Å². The first-order chi connectivity index (χ1) is 13.5. The highest BCUT2D eigenvalue weighted by Gasteiger charge is 2.20. The zero-order valence-corrected chi connectivity index (χ0v) is 17.2. The molecule has 142 valence electrons. The Labute approximate surface area is 173 Å². The molecule has 1 aromatic heterocycles. The average molecular weight is 459 g/mol. The molecule has 28 heavy (non-hydrogen) atoms. The minimum atomic E-state index is -0.257. The Hall–Kier alpha value is -2.71. The molecule has 1 N–H and O–H groups in total. The van der Waals surface area contributed by atoms with Gasteiger partial charge < -0.3 is 14.8 Å². The Morgan fingerprint density at radius 1 is 1.21 bits per heavy atom. The van der Waals surface area contributed by atoms with Crippen molar-refractivity contribution < 1.29 is 19.1 Å². The number of rotatable bonds is 5. The Bertz CT molecular complexity index is 1080. The summed E-state index contributed by atoms with van der Waals surface area (Å²) in [5.74, 6) is 0.582. The van der Waals surface area contributed by atoms with Crippen LogP contribution in [-0.2, 0) is 11.2 Å². The third-order valence-electron chi connectivity index (χ3n) is 4.13. The first-order valence-corrected chi connectivity index (χ1v) is 10.1. The monoisotopic (exact) mass is 458 g/mol. The van der Waals surface area contributed by atoms with E-state index >= 15 is 0 Å². The van der Waals surface area contributed by atoms with Crippen LogP contribution in [-0.4, -0.2) is 23.5 Å². The van der Waals surface area contributed by atoms with Crippen LogP contribution in [0.15, 0.2) is 46.3 Å². The van der Waals surface area contributed by atoms with Crippen molar-refractivity contribution in [3.8, 4) is 22.1 Å². The highest BCUT2D eigenvalue weighted by molar-refractivity contribution is 9.10. The van der Waals surface area contributed by atoms with Gasteiger partial charge in [0.2, 0.25) is 12.7 Å². The number of Topliss-reactive ketones (excluding diaryl/α,β-unsaturated/α-hetero) is 1. The number of aromatic nitrogens is 1. The molecule has 0 spiro atoms. The second-order valence-corrected chi connectivity index (χ2v) is 7.96. The van der Waals surface area contributed by atoms with Gasteiger partial charge >= 0.3 is 0 Å². The number of anilines is 1. The standard InChI is InChI=1S/C20H15BrN2O4S/c1-11(24)15-7-17-18(27-10-26-17)8-16(15)23-19(25)6-14-9-28-20(22-14)12-3-2-4-13(21)5-12/h2-5,7-9H,6,10H2,1H3,(H,23,25). The molecule has 1 aliphatic heterocycles. The molecule has 4 rings (SSSR count). The van der Waals surface area contributed by atoms with E-state index in [1.807, 2.05) is 29.6 Å². The molecule has 1 aliphatic rings. The summed E-state index contributed by atoms with van der Waals surface area (Å²) in [5.41, 5.74) is 2.44. The number of benzene rings is 2. The summed E-state index contributed by atoms with van der Waals surface area (Å²) in [6.07, 6.45) is 0.107. The van der Waals surface area contributed by atoms with E-state index in [0.717, 1.165) is 15.0 Å². The first-order valence-electron chi connectivity index (χ1n) is 8.44. The van der Waals surface area contributed by atoms with E-state index in [4.69, 9.17) is 9.47 Å². The number of amides is 1. The quantitative estimate of drug-likeness (QED) is 0.561. The van der Waals surface area contributed by atoms with Gasteiger partial charge in [0.05, 0.1) is 17.8 Å². The molecule has 0 bridgehead atoms. The van der Waals surface area contributed by atoms with Gasteiger partial charge in [-0.15, -0.1) is 11.3 Å². The van der Waals surface area contributed by atoms with E-state index in [1.54, 1.807) is 12.1 Å². The van der Waals surface area contributed by atoms with Crippen molar-refractivity contribution in [1.82, 2.24) is 4.98 Å². The number of ketones is 1. The molecule has 2 heterocycles. The second kappa shape index (κ2) is 7.73. The second-order valence-electron chi connectivity index (χ2n) is 6.19. The predicted octanol–water partition coefficient (Wildman–Crippen LogP) is 4.69. The van der Waals surface area contributed by atoms with Gasteiger partial charge in [-0.1, -0.05) is 28.1 Å². The third kappa shape index (κ3) is 3.93. The lowest BCUT2D eigenvalue weighted by Gasteiger charge is -2.10. The minimum absolute atomic E-state index is 0.0985. The number of fused-ring (bicyclic) bond motifs is 1. The molecule has 0 saturated heterocycles. The number of nitrogens with zero attached hydrogens (tertiary/aromatic N) is 1. The molecule has 3 aromatic rings. The van der Waals surface area contributed by atoms with Crippen LogP contribution in [0.1, 0.15) is 23.0 Å². The van der Waals surface area contributed by atoms with E-state index in [-0.39, 0.29) is 24.9 Å². The molecule has 0 atom stereocenters. The molecular formula is C20H15BrN2O4S. The van der Waals surface area contributed by atoms with Gasteiger partial charge in [0, 0.05) is 27.0 Å². The summed E-state index contributed by atoms with van der Waals surface area (Å²) in [7, 11) is 0. The number of hydrogen-bond donors (Lipinski definition) is 1. The first kappa shape index (κ1) is 18.6. The van der Waals surface area contributed by atoms with Crippen LogP contribution in [0.25, 0.3) is 10.6 Å². The predicted molar refractivity (Wildman–Crippen MR) is 110 cm³/mol. The van der Waals surface area contributed by atoms with Crippen molar-refractivity contribution >= 4 is 44.6 Å². The van der Waals surface area contributed by atoms with Gasteiger partial charge in [0.25, 0.3) is 0 Å². The molecule has 0 unspecified atom stereocenters. The lowest BCUT2D eigenvalue weighted by atomic mass is 10.1. The molecule has 6 nitrogen and oxygen atoms in total. The van der Waals surface area contributed by atoms with Gasteiger partial charge in [0.1, 0.15) is 5.01 Å². The molecule has 0 saturated carbocycles. The number of carbonyl (C=O) groups is 2. The molecule has 1 amide bonds. The molecular weight excluding hydrogens is 444 g/mol. The van der Waals surface area contributed by atoms with Crippen molar-refractivity contribution in [1.29, 1.82) is 0 Å². The van der Waals surface area contributed by atoms with Gasteiger partial charge in [-0.25, -0.2) is 4.98 Å². The Balaban J connectivity index is 1.50. The van der Waals surface area contributed by atoms with Crippen molar-refractivity contribution in [2.45, 2.75) is 13.3 Å². The van der Waals surface area contributed by atoms with E-state index in [1.165, 1.54) is 18.3 Å². The van der Waals surface area contributed by atoms with Gasteiger partial charge in [0.15, 0.2) is 17.3 Å². The highest BCUT2D eigenvalue weighted by Crippen LogP contribution is 2.37. The van der Waals surface area contributed by atoms with Crippen molar-refractivity contribution in [3.63, 3.8) is 0 Å². The minimum Gasteiger partial charge on any atom is -0.454 e. The summed E-state index contributed by atoms with van der Waals surface area (Å²) in [5, 5.41) is 5.50. The van der Waals surface area contributed by atoms with E-state index in [2.05, 4.69) is 26.2 Å². The van der Waals surface area contributed by atoms with Crippen molar-refractivity contribution in [2.24, 2.45) is 0 Å². The molecule has 0 aliphatic carbocycles. The number of ether oxygens (including phenoxy) is 2. The fraction of sp³-hybridized carbons (Fsp3) is 0.150. The number of hydrogen-bond acceptors (Lipinski definition) is 6. The maximum atomic E-state index is 12.5. The van der Waals surface area contributed by atoms with Gasteiger partial charge in [-0.2, -0.15) is 0 Å². The largest absolute Gasteiger partial charge is 0.454 e. The smallest absolute Gasteiger partial charge is 0.231 e. The average Bonchev–Trinajstić information content (AvgIpc) is 3.29. The number of nitrogens with one attached hydrogen (secondary N) is 1. The summed E-state index contributed by atoms with van der Waals surface area (Å²) in [6, 6.07) is 11.0. The van der Waals surface area contributed by atoms with E-state index in [0.29, 0.717) is 28.4 Å². The highest BCUT2D eigenvalue weighted by atomic mass is 79.9.